The van der Waals surface area contributed by atoms with E-state index < -0.39 is 10.0 Å². The number of ether oxygens (including phenoxy) is 1. The Morgan fingerprint density at radius 3 is 2.35 bits per heavy atom. The first-order chi connectivity index (χ1) is 14.7. The summed E-state index contributed by atoms with van der Waals surface area (Å²) in [6.07, 6.45) is 1.71. The quantitative estimate of drug-likeness (QED) is 0.458. The summed E-state index contributed by atoms with van der Waals surface area (Å²) in [5.41, 5.74) is 2.36. The fraction of sp³-hybridized carbons (Fsp3) is 0.190. The molecule has 0 bridgehead atoms. The van der Waals surface area contributed by atoms with Crippen LogP contribution in [0.15, 0.2) is 53.0 Å². The van der Waals surface area contributed by atoms with Crippen LogP contribution in [0.5, 0.6) is 11.6 Å². The van der Waals surface area contributed by atoms with Crippen molar-refractivity contribution in [1.82, 2.24) is 19.5 Å². The zero-order valence-electron chi connectivity index (χ0n) is 17.4. The predicted octanol–water partition coefficient (Wildman–Crippen LogP) is 4.55. The second-order valence-electron chi connectivity index (χ2n) is 6.99. The number of anilines is 1. The molecule has 8 nitrogen and oxygen atoms in total. The van der Waals surface area contributed by atoms with E-state index in [2.05, 4.69) is 19.7 Å². The molecule has 0 saturated heterocycles. The van der Waals surface area contributed by atoms with Gasteiger partial charge in [-0.3, -0.25) is 9.29 Å². The number of aromatic nitrogens is 4. The van der Waals surface area contributed by atoms with Crippen molar-refractivity contribution >= 4 is 27.0 Å². The number of sulfonamides is 1. The second-order valence-corrected chi connectivity index (χ2v) is 10.2. The first kappa shape index (κ1) is 21.0. The number of hydrogen-bond donors (Lipinski definition) is 1. The summed E-state index contributed by atoms with van der Waals surface area (Å²) in [5.74, 6) is 2.14. The third-order valence-electron chi connectivity index (χ3n) is 4.61. The van der Waals surface area contributed by atoms with Gasteiger partial charge in [0.15, 0.2) is 0 Å². The van der Waals surface area contributed by atoms with E-state index in [1.165, 1.54) is 11.3 Å². The molecular weight excluding hydrogens is 434 g/mol. The lowest BCUT2D eigenvalue weighted by Gasteiger charge is -2.10. The standard InChI is InChI=1S/C21H21N5O3S2/c1-13-5-10-21(30-13)31(27,28)25-17-6-8-18(9-7-17)29-20-11-19(23-16(4)24-20)26-12-22-14(2)15(26)3/h5-12,25H,1-4H3. The number of nitrogens with zero attached hydrogens (tertiary/aromatic N) is 4. The molecule has 0 unspecified atom stereocenters. The van der Waals surface area contributed by atoms with E-state index in [-0.39, 0.29) is 4.21 Å². The molecule has 0 aliphatic rings. The highest BCUT2D eigenvalue weighted by Gasteiger charge is 2.16. The van der Waals surface area contributed by atoms with Crippen molar-refractivity contribution in [3.8, 4) is 17.4 Å². The molecule has 0 saturated carbocycles. The number of imidazole rings is 1. The Morgan fingerprint density at radius 2 is 1.74 bits per heavy atom. The van der Waals surface area contributed by atoms with Crippen molar-refractivity contribution in [1.29, 1.82) is 0 Å². The van der Waals surface area contributed by atoms with E-state index in [1.807, 2.05) is 25.3 Å². The van der Waals surface area contributed by atoms with E-state index in [0.717, 1.165) is 16.3 Å². The Kier molecular flexibility index (Phi) is 5.50. The van der Waals surface area contributed by atoms with Crippen LogP contribution in [0.25, 0.3) is 5.82 Å². The maximum Gasteiger partial charge on any atom is 0.271 e. The summed E-state index contributed by atoms with van der Waals surface area (Å²) in [6.45, 7) is 7.56. The number of nitrogens with one attached hydrogen (secondary N) is 1. The number of thiophene rings is 1. The van der Waals surface area contributed by atoms with Crippen LogP contribution in [0.2, 0.25) is 0 Å². The zero-order valence-corrected chi connectivity index (χ0v) is 19.1. The highest BCUT2D eigenvalue weighted by molar-refractivity contribution is 7.94. The van der Waals surface area contributed by atoms with Crippen molar-refractivity contribution in [2.45, 2.75) is 31.9 Å². The average Bonchev–Trinajstić information content (AvgIpc) is 3.29. The normalized spacial score (nSPS) is 11.5. The SMILES string of the molecule is Cc1nc(Oc2ccc(NS(=O)(=O)c3ccc(C)s3)cc2)cc(-n2cnc(C)c2C)n1. The number of aryl methyl sites for hydroxylation is 3. The van der Waals surface area contributed by atoms with Crippen LogP contribution in [0.3, 0.4) is 0 Å². The maximum absolute atomic E-state index is 12.5. The molecule has 3 aromatic heterocycles. The highest BCUT2D eigenvalue weighted by atomic mass is 32.2. The largest absolute Gasteiger partial charge is 0.439 e. The molecule has 3 heterocycles. The van der Waals surface area contributed by atoms with Gasteiger partial charge in [0.2, 0.25) is 5.88 Å². The second kappa shape index (κ2) is 8.12. The molecule has 160 valence electrons. The molecule has 0 radical (unpaired) electrons. The fourth-order valence-electron chi connectivity index (χ4n) is 2.90. The minimum absolute atomic E-state index is 0.277. The van der Waals surface area contributed by atoms with Gasteiger partial charge in [-0.15, -0.1) is 11.3 Å². The fourth-order valence-corrected chi connectivity index (χ4v) is 5.25. The molecule has 10 heteroatoms. The van der Waals surface area contributed by atoms with Crippen molar-refractivity contribution < 1.29 is 13.2 Å². The van der Waals surface area contributed by atoms with Gasteiger partial charge in [-0.1, -0.05) is 0 Å². The van der Waals surface area contributed by atoms with Gasteiger partial charge in [-0.25, -0.2) is 18.4 Å². The van der Waals surface area contributed by atoms with Crippen LogP contribution < -0.4 is 9.46 Å². The zero-order chi connectivity index (χ0) is 22.2. The van der Waals surface area contributed by atoms with Gasteiger partial charge in [0.05, 0.1) is 5.69 Å². The number of benzene rings is 1. The van der Waals surface area contributed by atoms with Crippen LogP contribution in [0.4, 0.5) is 5.69 Å². The van der Waals surface area contributed by atoms with Gasteiger partial charge < -0.3 is 4.74 Å². The number of rotatable bonds is 6. The Morgan fingerprint density at radius 1 is 1.00 bits per heavy atom. The van der Waals surface area contributed by atoms with Gasteiger partial charge in [0.1, 0.15) is 27.9 Å². The highest BCUT2D eigenvalue weighted by Crippen LogP contribution is 2.26. The third-order valence-corrected chi connectivity index (χ3v) is 7.48. The number of hydrogen-bond acceptors (Lipinski definition) is 7. The van der Waals surface area contributed by atoms with E-state index in [4.69, 9.17) is 4.74 Å². The molecule has 4 aromatic rings. The Bertz CT molecular complexity index is 1340. The van der Waals surface area contributed by atoms with Gasteiger partial charge in [-0.05, 0) is 64.1 Å². The van der Waals surface area contributed by atoms with Gasteiger partial charge in [-0.2, -0.15) is 4.98 Å². The smallest absolute Gasteiger partial charge is 0.271 e. The Labute approximate surface area is 184 Å². The lowest BCUT2D eigenvalue weighted by atomic mass is 10.3. The first-order valence-corrected chi connectivity index (χ1v) is 11.7. The molecule has 1 aromatic carbocycles. The molecule has 0 fully saturated rings. The van der Waals surface area contributed by atoms with Gasteiger partial charge in [0.25, 0.3) is 10.0 Å². The van der Waals surface area contributed by atoms with Gasteiger partial charge >= 0.3 is 0 Å². The molecule has 0 atom stereocenters. The maximum atomic E-state index is 12.5. The Hall–Kier alpha value is -3.24. The topological polar surface area (TPSA) is 99.0 Å². The van der Waals surface area contributed by atoms with Crippen molar-refractivity contribution in [2.24, 2.45) is 0 Å². The molecule has 0 spiro atoms. The lowest BCUT2D eigenvalue weighted by Crippen LogP contribution is -2.11. The van der Waals surface area contributed by atoms with Crippen molar-refractivity contribution in [3.63, 3.8) is 0 Å². The van der Waals surface area contributed by atoms with E-state index in [1.54, 1.807) is 55.7 Å². The minimum atomic E-state index is -3.61. The summed E-state index contributed by atoms with van der Waals surface area (Å²) in [7, 11) is -3.61. The summed E-state index contributed by atoms with van der Waals surface area (Å²) in [5, 5.41) is 0. The van der Waals surface area contributed by atoms with E-state index in [9.17, 15) is 8.42 Å². The summed E-state index contributed by atoms with van der Waals surface area (Å²) < 4.78 is 35.6. The molecular formula is C21H21N5O3S2. The molecule has 0 aliphatic carbocycles. The summed E-state index contributed by atoms with van der Waals surface area (Å²) >= 11 is 1.23. The lowest BCUT2D eigenvalue weighted by molar-refractivity contribution is 0.459. The molecule has 4 rings (SSSR count). The summed E-state index contributed by atoms with van der Waals surface area (Å²) in [6, 6.07) is 11.8. The molecule has 31 heavy (non-hydrogen) atoms. The van der Waals surface area contributed by atoms with Crippen LogP contribution >= 0.6 is 11.3 Å². The summed E-state index contributed by atoms with van der Waals surface area (Å²) in [4.78, 5) is 14.0. The molecule has 1 N–H and O–H groups in total. The van der Waals surface area contributed by atoms with Crippen molar-refractivity contribution in [2.75, 3.05) is 4.72 Å². The van der Waals surface area contributed by atoms with Crippen LogP contribution in [-0.4, -0.2) is 27.9 Å². The first-order valence-electron chi connectivity index (χ1n) is 9.45. The average molecular weight is 456 g/mol. The van der Waals surface area contributed by atoms with Crippen LogP contribution in [0, 0.1) is 27.7 Å². The molecule has 0 aliphatic heterocycles. The van der Waals surface area contributed by atoms with Crippen LogP contribution in [-0.2, 0) is 10.0 Å². The van der Waals surface area contributed by atoms with E-state index >= 15 is 0 Å². The van der Waals surface area contributed by atoms with E-state index in [0.29, 0.717) is 29.0 Å². The third kappa shape index (κ3) is 4.59. The van der Waals surface area contributed by atoms with Gasteiger partial charge in [0, 0.05) is 22.3 Å². The Balaban J connectivity index is 1.52. The van der Waals surface area contributed by atoms with Crippen molar-refractivity contribution in [3.05, 3.63) is 70.9 Å². The predicted molar refractivity (Wildman–Crippen MR) is 120 cm³/mol. The van der Waals surface area contributed by atoms with Crippen LogP contribution in [0.1, 0.15) is 22.1 Å². The molecule has 0 amide bonds. The monoisotopic (exact) mass is 455 g/mol. The minimum Gasteiger partial charge on any atom is -0.439 e.